The van der Waals surface area contributed by atoms with Gasteiger partial charge < -0.3 is 10.6 Å². The summed E-state index contributed by atoms with van der Waals surface area (Å²) in [5.41, 5.74) is 5.96. The van der Waals surface area contributed by atoms with Gasteiger partial charge in [-0.25, -0.2) is 4.98 Å². The highest BCUT2D eigenvalue weighted by molar-refractivity contribution is 7.98. The molecular formula is C11H17N3S. The summed E-state index contributed by atoms with van der Waals surface area (Å²) in [5, 5.41) is 1.08. The maximum Gasteiger partial charge on any atom is 0.129 e. The molecule has 3 nitrogen and oxygen atoms in total. The maximum atomic E-state index is 5.96. The molecule has 15 heavy (non-hydrogen) atoms. The molecule has 2 rings (SSSR count). The van der Waals surface area contributed by atoms with Gasteiger partial charge in [0, 0.05) is 19.1 Å². The van der Waals surface area contributed by atoms with Crippen molar-refractivity contribution in [2.75, 3.05) is 24.2 Å². The van der Waals surface area contributed by atoms with Gasteiger partial charge in [-0.05, 0) is 31.2 Å². The minimum absolute atomic E-state index is 0.304. The summed E-state index contributed by atoms with van der Waals surface area (Å²) in [6, 6.07) is 6.47. The molecule has 1 aromatic heterocycles. The molecule has 0 amide bonds. The first kappa shape index (κ1) is 10.8. The maximum absolute atomic E-state index is 5.96. The third-order valence-corrected chi connectivity index (χ3v) is 3.35. The van der Waals surface area contributed by atoms with Crippen molar-refractivity contribution in [3.8, 4) is 0 Å². The number of nitrogens with zero attached hydrogens (tertiary/aromatic N) is 2. The van der Waals surface area contributed by atoms with Crippen LogP contribution in [0.25, 0.3) is 0 Å². The van der Waals surface area contributed by atoms with E-state index in [1.165, 1.54) is 6.42 Å². The van der Waals surface area contributed by atoms with Crippen LogP contribution in [0.2, 0.25) is 0 Å². The van der Waals surface area contributed by atoms with Crippen LogP contribution in [0.15, 0.2) is 23.2 Å². The van der Waals surface area contributed by atoms with E-state index in [2.05, 4.69) is 22.0 Å². The van der Waals surface area contributed by atoms with Crippen LogP contribution in [0.1, 0.15) is 12.8 Å². The molecule has 0 aliphatic carbocycles. The highest BCUT2D eigenvalue weighted by atomic mass is 32.2. The van der Waals surface area contributed by atoms with Crippen molar-refractivity contribution in [1.82, 2.24) is 4.98 Å². The Morgan fingerprint density at radius 1 is 1.53 bits per heavy atom. The van der Waals surface area contributed by atoms with Gasteiger partial charge in [0.25, 0.3) is 0 Å². The molecule has 1 aliphatic heterocycles. The Labute approximate surface area is 95.1 Å². The van der Waals surface area contributed by atoms with Gasteiger partial charge in [-0.15, -0.1) is 11.8 Å². The second-order valence-corrected chi connectivity index (χ2v) is 4.71. The minimum atomic E-state index is 0.304. The normalized spacial score (nSPS) is 21.7. The van der Waals surface area contributed by atoms with Gasteiger partial charge in [-0.1, -0.05) is 6.07 Å². The van der Waals surface area contributed by atoms with Gasteiger partial charge in [-0.3, -0.25) is 0 Å². The molecule has 82 valence electrons. The van der Waals surface area contributed by atoms with Gasteiger partial charge in [-0.2, -0.15) is 0 Å². The van der Waals surface area contributed by atoms with Crippen molar-refractivity contribution < 1.29 is 0 Å². The topological polar surface area (TPSA) is 42.1 Å². The third kappa shape index (κ3) is 2.63. The standard InChI is InChI=1S/C11H17N3S/c1-15-11-6-2-5-10(13-11)14-7-3-4-9(12)8-14/h2,5-6,9H,3-4,7-8,12H2,1H3. The number of piperidine rings is 1. The Bertz CT molecular complexity index is 329. The number of pyridine rings is 1. The molecule has 1 saturated heterocycles. The number of rotatable bonds is 2. The summed E-state index contributed by atoms with van der Waals surface area (Å²) >= 11 is 1.68. The number of aromatic nitrogens is 1. The van der Waals surface area contributed by atoms with Crippen molar-refractivity contribution >= 4 is 17.6 Å². The van der Waals surface area contributed by atoms with E-state index < -0.39 is 0 Å². The van der Waals surface area contributed by atoms with Crippen molar-refractivity contribution in [3.05, 3.63) is 18.2 Å². The quantitative estimate of drug-likeness (QED) is 0.775. The SMILES string of the molecule is CSc1cccc(N2CCCC(N)C2)n1. The zero-order chi connectivity index (χ0) is 10.7. The van der Waals surface area contributed by atoms with Gasteiger partial charge in [0.15, 0.2) is 0 Å². The zero-order valence-electron chi connectivity index (χ0n) is 9.02. The van der Waals surface area contributed by atoms with E-state index >= 15 is 0 Å². The summed E-state index contributed by atoms with van der Waals surface area (Å²) in [5.74, 6) is 1.07. The van der Waals surface area contributed by atoms with E-state index in [1.54, 1.807) is 11.8 Å². The third-order valence-electron chi connectivity index (χ3n) is 2.70. The van der Waals surface area contributed by atoms with Crippen molar-refractivity contribution in [2.24, 2.45) is 5.73 Å². The second kappa shape index (κ2) is 4.86. The lowest BCUT2D eigenvalue weighted by Gasteiger charge is -2.31. The molecular weight excluding hydrogens is 206 g/mol. The highest BCUT2D eigenvalue weighted by Gasteiger charge is 2.17. The summed E-state index contributed by atoms with van der Waals surface area (Å²) in [6.07, 6.45) is 4.36. The number of hydrogen-bond acceptors (Lipinski definition) is 4. The molecule has 0 radical (unpaired) electrons. The lowest BCUT2D eigenvalue weighted by molar-refractivity contribution is 0.502. The summed E-state index contributed by atoms with van der Waals surface area (Å²) < 4.78 is 0. The van der Waals surface area contributed by atoms with E-state index in [0.29, 0.717) is 6.04 Å². The average molecular weight is 223 g/mol. The molecule has 0 saturated carbocycles. The molecule has 0 bridgehead atoms. The Kier molecular flexibility index (Phi) is 3.49. The summed E-state index contributed by atoms with van der Waals surface area (Å²) in [4.78, 5) is 6.87. The van der Waals surface area contributed by atoms with Crippen molar-refractivity contribution in [3.63, 3.8) is 0 Å². The monoisotopic (exact) mass is 223 g/mol. The first-order valence-corrected chi connectivity index (χ1v) is 6.53. The fourth-order valence-electron chi connectivity index (χ4n) is 1.91. The lowest BCUT2D eigenvalue weighted by atomic mass is 10.1. The summed E-state index contributed by atoms with van der Waals surface area (Å²) in [7, 11) is 0. The molecule has 1 aliphatic rings. The summed E-state index contributed by atoms with van der Waals surface area (Å²) in [6.45, 7) is 2.02. The number of nitrogens with two attached hydrogens (primary N) is 1. The van der Waals surface area contributed by atoms with Gasteiger partial charge in [0.1, 0.15) is 5.82 Å². The molecule has 1 atom stereocenters. The first-order valence-electron chi connectivity index (χ1n) is 5.31. The zero-order valence-corrected chi connectivity index (χ0v) is 9.83. The minimum Gasteiger partial charge on any atom is -0.355 e. The molecule has 0 aromatic carbocycles. The van der Waals surface area contributed by atoms with E-state index in [1.807, 2.05) is 12.3 Å². The van der Waals surface area contributed by atoms with Crippen LogP contribution < -0.4 is 10.6 Å². The molecule has 2 heterocycles. The molecule has 1 unspecified atom stereocenters. The van der Waals surface area contributed by atoms with Crippen LogP contribution in [0.4, 0.5) is 5.82 Å². The van der Waals surface area contributed by atoms with Gasteiger partial charge in [0.05, 0.1) is 5.03 Å². The smallest absolute Gasteiger partial charge is 0.129 e. The molecule has 2 N–H and O–H groups in total. The van der Waals surface area contributed by atoms with E-state index in [9.17, 15) is 0 Å². The average Bonchev–Trinajstić information content (AvgIpc) is 2.29. The lowest BCUT2D eigenvalue weighted by Crippen LogP contribution is -2.43. The molecule has 1 aromatic rings. The van der Waals surface area contributed by atoms with Gasteiger partial charge >= 0.3 is 0 Å². The fourth-order valence-corrected chi connectivity index (χ4v) is 2.31. The predicted molar refractivity (Wildman–Crippen MR) is 65.4 cm³/mol. The first-order chi connectivity index (χ1) is 7.29. The fraction of sp³-hybridized carbons (Fsp3) is 0.545. The number of anilines is 1. The van der Waals surface area contributed by atoms with Crippen LogP contribution >= 0.6 is 11.8 Å². The van der Waals surface area contributed by atoms with Gasteiger partial charge in [0.2, 0.25) is 0 Å². The van der Waals surface area contributed by atoms with Crippen molar-refractivity contribution in [2.45, 2.75) is 23.9 Å². The number of thioether (sulfide) groups is 1. The van der Waals surface area contributed by atoms with Crippen LogP contribution in [-0.2, 0) is 0 Å². The number of hydrogen-bond donors (Lipinski definition) is 1. The molecule has 1 fully saturated rings. The Balaban J connectivity index is 2.13. The van der Waals surface area contributed by atoms with Crippen LogP contribution in [0, 0.1) is 0 Å². The van der Waals surface area contributed by atoms with E-state index in [-0.39, 0.29) is 0 Å². The molecule has 0 spiro atoms. The van der Waals surface area contributed by atoms with E-state index in [0.717, 1.165) is 30.4 Å². The van der Waals surface area contributed by atoms with Crippen molar-refractivity contribution in [1.29, 1.82) is 0 Å². The van der Waals surface area contributed by atoms with Crippen LogP contribution in [-0.4, -0.2) is 30.4 Å². The molecule has 4 heteroatoms. The predicted octanol–water partition coefficient (Wildman–Crippen LogP) is 1.73. The van der Waals surface area contributed by atoms with Crippen LogP contribution in [0.3, 0.4) is 0 Å². The van der Waals surface area contributed by atoms with Crippen LogP contribution in [0.5, 0.6) is 0 Å². The Morgan fingerprint density at radius 3 is 3.13 bits per heavy atom. The Morgan fingerprint density at radius 2 is 2.40 bits per heavy atom. The Hall–Kier alpha value is -0.740. The largest absolute Gasteiger partial charge is 0.355 e. The highest BCUT2D eigenvalue weighted by Crippen LogP contribution is 2.20. The van der Waals surface area contributed by atoms with E-state index in [4.69, 9.17) is 5.73 Å². The second-order valence-electron chi connectivity index (χ2n) is 3.89.